The van der Waals surface area contributed by atoms with Gasteiger partial charge in [0.05, 0.1) is 22.8 Å². The number of halogens is 1. The number of hydrogen-bond acceptors (Lipinski definition) is 6. The fraction of sp³-hybridized carbons (Fsp3) is 0.200. The van der Waals surface area contributed by atoms with Crippen molar-refractivity contribution >= 4 is 22.6 Å². The highest BCUT2D eigenvalue weighted by molar-refractivity contribution is 6.12. The van der Waals surface area contributed by atoms with Crippen molar-refractivity contribution in [1.29, 1.82) is 0 Å². The lowest BCUT2D eigenvalue weighted by atomic mass is 10.0. The molecule has 1 N–H and O–H groups in total. The van der Waals surface area contributed by atoms with Crippen molar-refractivity contribution in [2.24, 2.45) is 0 Å². The first-order valence-corrected chi connectivity index (χ1v) is 11.1. The fourth-order valence-electron chi connectivity index (χ4n) is 3.86. The summed E-state index contributed by atoms with van der Waals surface area (Å²) in [5.74, 6) is -0.448. The van der Waals surface area contributed by atoms with Gasteiger partial charge < -0.3 is 5.32 Å². The van der Waals surface area contributed by atoms with Crippen LogP contribution in [0, 0.1) is 19.7 Å². The van der Waals surface area contributed by atoms with Gasteiger partial charge in [0.25, 0.3) is 5.91 Å². The minimum atomic E-state index is -0.510. The molecule has 0 fully saturated rings. The number of nitrogens with zero attached hydrogens (tertiary/aromatic N) is 7. The molecule has 2 aromatic carbocycles. The third kappa shape index (κ3) is 4.14. The molecule has 5 aromatic rings. The first-order chi connectivity index (χ1) is 16.8. The Morgan fingerprint density at radius 1 is 1.06 bits per heavy atom. The second-order valence-corrected chi connectivity index (χ2v) is 8.60. The highest BCUT2D eigenvalue weighted by Gasteiger charge is 2.20. The van der Waals surface area contributed by atoms with Gasteiger partial charge in [-0.15, -0.1) is 5.10 Å². The van der Waals surface area contributed by atoms with Crippen LogP contribution < -0.4 is 5.32 Å². The number of carbonyl (C=O) groups is 1. The maximum atomic E-state index is 14.5. The van der Waals surface area contributed by atoms with E-state index in [1.54, 1.807) is 23.9 Å². The third-order valence-electron chi connectivity index (χ3n) is 5.71. The van der Waals surface area contributed by atoms with Crippen LogP contribution in [0.5, 0.6) is 0 Å². The van der Waals surface area contributed by atoms with E-state index in [9.17, 15) is 9.18 Å². The van der Waals surface area contributed by atoms with Crippen LogP contribution in [0.15, 0.2) is 54.7 Å². The summed E-state index contributed by atoms with van der Waals surface area (Å²) in [6.07, 6.45) is 1.65. The summed E-state index contributed by atoms with van der Waals surface area (Å²) >= 11 is 0. The minimum absolute atomic E-state index is 0.0587. The maximum absolute atomic E-state index is 14.5. The van der Waals surface area contributed by atoms with E-state index in [-0.39, 0.29) is 17.6 Å². The molecule has 0 spiro atoms. The number of rotatable bonds is 5. The van der Waals surface area contributed by atoms with Crippen molar-refractivity contribution < 1.29 is 9.18 Å². The van der Waals surface area contributed by atoms with Crippen LogP contribution in [0.2, 0.25) is 0 Å². The summed E-state index contributed by atoms with van der Waals surface area (Å²) in [5.41, 5.74) is 4.26. The molecule has 35 heavy (non-hydrogen) atoms. The van der Waals surface area contributed by atoms with Crippen molar-refractivity contribution in [1.82, 2.24) is 35.0 Å². The number of anilines is 1. The molecule has 0 aliphatic heterocycles. The standard InChI is InChI=1S/C25H23FN8O/c1-14(2)33-24-20(13-27-33)19(12-22(29-24)17-7-5-15(3)6-8-17)25(35)28-18-9-10-21(26)23(11-18)34-16(4)30-31-32-34/h5-14H,1-4H3,(H,28,35). The predicted molar refractivity (Wildman–Crippen MR) is 130 cm³/mol. The normalized spacial score (nSPS) is 11.4. The average molecular weight is 471 g/mol. The Bertz CT molecular complexity index is 1550. The zero-order valence-corrected chi connectivity index (χ0v) is 19.7. The van der Waals surface area contributed by atoms with Gasteiger partial charge in [-0.05, 0) is 62.4 Å². The summed E-state index contributed by atoms with van der Waals surface area (Å²) in [6, 6.07) is 14.0. The van der Waals surface area contributed by atoms with Gasteiger partial charge in [-0.25, -0.2) is 14.1 Å². The molecule has 0 aliphatic rings. The van der Waals surface area contributed by atoms with Gasteiger partial charge in [0.1, 0.15) is 11.5 Å². The van der Waals surface area contributed by atoms with E-state index in [0.717, 1.165) is 11.1 Å². The second-order valence-electron chi connectivity index (χ2n) is 8.60. The molecule has 3 aromatic heterocycles. The molecule has 3 heterocycles. The molecule has 176 valence electrons. The van der Waals surface area contributed by atoms with Crippen LogP contribution in [0.1, 0.15) is 41.6 Å². The van der Waals surface area contributed by atoms with Crippen molar-refractivity contribution in [2.75, 3.05) is 5.32 Å². The SMILES string of the molecule is Cc1ccc(-c2cc(C(=O)Nc3ccc(F)c(-n4nnnc4C)c3)c3cnn(C(C)C)c3n2)cc1. The van der Waals surface area contributed by atoms with Gasteiger partial charge in [-0.1, -0.05) is 29.8 Å². The van der Waals surface area contributed by atoms with Gasteiger partial charge in [-0.3, -0.25) is 4.79 Å². The van der Waals surface area contributed by atoms with E-state index >= 15 is 0 Å². The summed E-state index contributed by atoms with van der Waals surface area (Å²) in [4.78, 5) is 18.3. The number of tetrazole rings is 1. The Hall–Kier alpha value is -4.47. The maximum Gasteiger partial charge on any atom is 0.256 e. The number of carbonyl (C=O) groups excluding carboxylic acids is 1. The number of fused-ring (bicyclic) bond motifs is 1. The van der Waals surface area contributed by atoms with Crippen LogP contribution in [0.3, 0.4) is 0 Å². The van der Waals surface area contributed by atoms with Gasteiger partial charge in [0.15, 0.2) is 11.5 Å². The molecule has 0 bridgehead atoms. The Balaban J connectivity index is 1.58. The molecule has 1 amide bonds. The average Bonchev–Trinajstić information content (AvgIpc) is 3.46. The van der Waals surface area contributed by atoms with E-state index in [0.29, 0.717) is 33.8 Å². The lowest BCUT2D eigenvalue weighted by molar-refractivity contribution is 0.102. The van der Waals surface area contributed by atoms with Gasteiger partial charge in [0.2, 0.25) is 0 Å². The molecule has 0 radical (unpaired) electrons. The highest BCUT2D eigenvalue weighted by atomic mass is 19.1. The zero-order valence-electron chi connectivity index (χ0n) is 19.7. The summed E-state index contributed by atoms with van der Waals surface area (Å²) in [7, 11) is 0. The molecule has 0 atom stereocenters. The molecule has 10 heteroatoms. The number of amides is 1. The topological polar surface area (TPSA) is 103 Å². The first kappa shape index (κ1) is 22.3. The van der Waals surface area contributed by atoms with Crippen molar-refractivity contribution in [3.8, 4) is 16.9 Å². The molecular weight excluding hydrogens is 447 g/mol. The van der Waals surface area contributed by atoms with E-state index in [2.05, 4.69) is 25.9 Å². The molecule has 0 unspecified atom stereocenters. The smallest absolute Gasteiger partial charge is 0.256 e. The van der Waals surface area contributed by atoms with Crippen molar-refractivity contribution in [3.63, 3.8) is 0 Å². The van der Waals surface area contributed by atoms with E-state index < -0.39 is 5.82 Å². The fourth-order valence-corrected chi connectivity index (χ4v) is 3.86. The molecule has 0 aliphatic carbocycles. The number of benzene rings is 2. The van der Waals surface area contributed by atoms with Gasteiger partial charge in [0, 0.05) is 17.3 Å². The number of hydrogen-bond donors (Lipinski definition) is 1. The number of pyridine rings is 1. The Morgan fingerprint density at radius 3 is 2.51 bits per heavy atom. The molecular formula is C25H23FN8O. The summed E-state index contributed by atoms with van der Waals surface area (Å²) in [5, 5.41) is 19.1. The molecule has 0 saturated carbocycles. The van der Waals surface area contributed by atoms with Crippen LogP contribution in [-0.4, -0.2) is 40.9 Å². The van der Waals surface area contributed by atoms with Crippen LogP contribution in [-0.2, 0) is 0 Å². The zero-order chi connectivity index (χ0) is 24.7. The van der Waals surface area contributed by atoms with Gasteiger partial charge in [-0.2, -0.15) is 9.78 Å². The lowest BCUT2D eigenvalue weighted by Crippen LogP contribution is -2.14. The third-order valence-corrected chi connectivity index (χ3v) is 5.71. The molecule has 0 saturated heterocycles. The molecule has 9 nitrogen and oxygen atoms in total. The van der Waals surface area contributed by atoms with Crippen LogP contribution >= 0.6 is 0 Å². The first-order valence-electron chi connectivity index (χ1n) is 11.1. The van der Waals surface area contributed by atoms with Crippen LogP contribution in [0.25, 0.3) is 28.0 Å². The quantitative estimate of drug-likeness (QED) is 0.401. The van der Waals surface area contributed by atoms with Gasteiger partial charge >= 0.3 is 0 Å². The molecule has 5 rings (SSSR count). The largest absolute Gasteiger partial charge is 0.322 e. The minimum Gasteiger partial charge on any atom is -0.322 e. The number of nitrogens with one attached hydrogen (secondary N) is 1. The number of aryl methyl sites for hydroxylation is 2. The Morgan fingerprint density at radius 2 is 1.83 bits per heavy atom. The Labute approximate surface area is 200 Å². The van der Waals surface area contributed by atoms with E-state index in [1.807, 2.05) is 45.0 Å². The highest BCUT2D eigenvalue weighted by Crippen LogP contribution is 2.28. The van der Waals surface area contributed by atoms with E-state index in [1.165, 1.54) is 22.9 Å². The van der Waals surface area contributed by atoms with E-state index in [4.69, 9.17) is 4.98 Å². The predicted octanol–water partition coefficient (Wildman–Crippen LogP) is 4.66. The van der Waals surface area contributed by atoms with Crippen molar-refractivity contribution in [2.45, 2.75) is 33.7 Å². The summed E-state index contributed by atoms with van der Waals surface area (Å²) in [6.45, 7) is 7.69. The van der Waals surface area contributed by atoms with Crippen molar-refractivity contribution in [3.05, 3.63) is 77.5 Å². The van der Waals surface area contributed by atoms with Crippen LogP contribution in [0.4, 0.5) is 10.1 Å². The lowest BCUT2D eigenvalue weighted by Gasteiger charge is -2.12. The summed E-state index contributed by atoms with van der Waals surface area (Å²) < 4.78 is 17.5. The second kappa shape index (κ2) is 8.71. The monoisotopic (exact) mass is 470 g/mol. The Kier molecular flexibility index (Phi) is 5.56. The number of aromatic nitrogens is 7.